The highest BCUT2D eigenvalue weighted by Crippen LogP contribution is 2.50. The summed E-state index contributed by atoms with van der Waals surface area (Å²) in [4.78, 5) is 28.3. The van der Waals surface area contributed by atoms with Crippen molar-refractivity contribution in [3.05, 3.63) is 93.0 Å². The third-order valence-electron chi connectivity index (χ3n) is 9.03. The van der Waals surface area contributed by atoms with Crippen LogP contribution < -0.4 is 14.5 Å². The van der Waals surface area contributed by atoms with E-state index in [1.54, 1.807) is 0 Å². The number of nitrogens with zero attached hydrogens (tertiary/aromatic N) is 3. The molecule has 2 heterocycles. The van der Waals surface area contributed by atoms with E-state index >= 15 is 0 Å². The van der Waals surface area contributed by atoms with Crippen LogP contribution in [0.1, 0.15) is 82.1 Å². The van der Waals surface area contributed by atoms with Crippen LogP contribution in [0.4, 0.5) is 21.9 Å². The lowest BCUT2D eigenvalue weighted by molar-refractivity contribution is -0.384. The van der Waals surface area contributed by atoms with Crippen LogP contribution in [0.15, 0.2) is 60.7 Å². The molecule has 6 rings (SSSR count). The van der Waals surface area contributed by atoms with Gasteiger partial charge in [-0.15, -0.1) is 0 Å². The van der Waals surface area contributed by atoms with Crippen LogP contribution in [-0.2, 0) is 10.2 Å². The molecular formula is C34H41N3O5. The smallest absolute Gasteiger partial charge is 0.430 e. The first kappa shape index (κ1) is 29.4. The average molecular weight is 572 g/mol. The van der Waals surface area contributed by atoms with Gasteiger partial charge in [-0.3, -0.25) is 10.1 Å². The normalized spacial score (nSPS) is 18.1. The number of rotatable bonds is 6. The van der Waals surface area contributed by atoms with Gasteiger partial charge < -0.3 is 19.3 Å². The van der Waals surface area contributed by atoms with Gasteiger partial charge in [0.1, 0.15) is 11.9 Å². The van der Waals surface area contributed by atoms with Gasteiger partial charge in [0.2, 0.25) is 0 Å². The predicted octanol–water partition coefficient (Wildman–Crippen LogP) is 7.81. The zero-order valence-corrected chi connectivity index (χ0v) is 24.0. The molecule has 222 valence electrons. The van der Waals surface area contributed by atoms with Crippen LogP contribution in [-0.4, -0.2) is 43.4 Å². The van der Waals surface area contributed by atoms with E-state index in [4.69, 9.17) is 9.47 Å². The minimum Gasteiger partial charge on any atom is -0.430 e. The van der Waals surface area contributed by atoms with Gasteiger partial charge in [0, 0.05) is 61.0 Å². The Morgan fingerprint density at radius 3 is 1.79 bits per heavy atom. The molecule has 0 spiro atoms. The molecule has 42 heavy (non-hydrogen) atoms. The van der Waals surface area contributed by atoms with Gasteiger partial charge in [-0.2, -0.15) is 0 Å². The molecule has 0 bridgehead atoms. The number of carbonyl (C=O) groups excluding carboxylic acids is 1. The van der Waals surface area contributed by atoms with Crippen molar-refractivity contribution < 1.29 is 19.2 Å². The molecule has 2 fully saturated rings. The van der Waals surface area contributed by atoms with Gasteiger partial charge in [0.05, 0.1) is 4.92 Å². The number of hydrogen-bond donors (Lipinski definition) is 0. The van der Waals surface area contributed by atoms with Crippen LogP contribution in [0.3, 0.4) is 0 Å². The van der Waals surface area contributed by atoms with Gasteiger partial charge >= 0.3 is 6.16 Å². The van der Waals surface area contributed by atoms with Crippen molar-refractivity contribution in [2.75, 3.05) is 36.0 Å². The highest BCUT2D eigenvalue weighted by Gasteiger charge is 2.41. The fraction of sp³-hybridized carbons (Fsp3) is 0.441. The lowest BCUT2D eigenvalue weighted by Crippen LogP contribution is -2.35. The number of nitro groups is 1. The van der Waals surface area contributed by atoms with Crippen LogP contribution in [0.2, 0.25) is 0 Å². The summed E-state index contributed by atoms with van der Waals surface area (Å²) in [6.07, 6.45) is 3.52. The summed E-state index contributed by atoms with van der Waals surface area (Å²) in [6, 6.07) is 19.0. The molecule has 0 N–H and O–H groups in total. The second-order valence-corrected chi connectivity index (χ2v) is 12.0. The SMILES string of the molecule is C.CC(OC(=O)Oc1ccc([N+](=O)[O-])cc1)C1c2ccc(N3CCCC3)cc2C(C)(C)c2cc(N3CCCC3)ccc21. The van der Waals surface area contributed by atoms with Crippen molar-refractivity contribution in [3.8, 4) is 5.75 Å². The van der Waals surface area contributed by atoms with Crippen LogP contribution in [0.5, 0.6) is 5.75 Å². The van der Waals surface area contributed by atoms with Crippen molar-refractivity contribution in [2.24, 2.45) is 0 Å². The summed E-state index contributed by atoms with van der Waals surface area (Å²) in [5.41, 5.74) is 7.04. The maximum atomic E-state index is 12.9. The molecule has 1 unspecified atom stereocenters. The number of fused-ring (bicyclic) bond motifs is 2. The first-order chi connectivity index (χ1) is 19.7. The Morgan fingerprint density at radius 2 is 1.33 bits per heavy atom. The molecule has 1 aliphatic carbocycles. The Labute approximate surface area is 248 Å². The van der Waals surface area contributed by atoms with Crippen LogP contribution in [0.25, 0.3) is 0 Å². The Bertz CT molecular complexity index is 1390. The molecule has 2 aliphatic heterocycles. The van der Waals surface area contributed by atoms with Crippen molar-refractivity contribution in [1.82, 2.24) is 0 Å². The molecule has 3 aromatic carbocycles. The van der Waals surface area contributed by atoms with Crippen molar-refractivity contribution in [2.45, 2.75) is 71.3 Å². The highest BCUT2D eigenvalue weighted by atomic mass is 16.7. The Kier molecular flexibility index (Phi) is 8.17. The summed E-state index contributed by atoms with van der Waals surface area (Å²) >= 11 is 0. The second kappa shape index (κ2) is 11.7. The third kappa shape index (κ3) is 5.42. The zero-order valence-electron chi connectivity index (χ0n) is 24.0. The van der Waals surface area contributed by atoms with Gasteiger partial charge in [-0.1, -0.05) is 33.4 Å². The summed E-state index contributed by atoms with van der Waals surface area (Å²) in [5, 5.41) is 11.0. The van der Waals surface area contributed by atoms with Crippen molar-refractivity contribution >= 4 is 23.2 Å². The quantitative estimate of drug-likeness (QED) is 0.129. The second-order valence-electron chi connectivity index (χ2n) is 12.0. The number of hydrogen-bond acceptors (Lipinski definition) is 7. The predicted molar refractivity (Wildman–Crippen MR) is 166 cm³/mol. The molecule has 3 aromatic rings. The van der Waals surface area contributed by atoms with Gasteiger partial charge in [-0.05, 0) is 91.3 Å². The van der Waals surface area contributed by atoms with Gasteiger partial charge in [0.15, 0.2) is 0 Å². The van der Waals surface area contributed by atoms with E-state index < -0.39 is 17.2 Å². The largest absolute Gasteiger partial charge is 0.514 e. The Hall–Kier alpha value is -4.07. The lowest BCUT2D eigenvalue weighted by Gasteiger charge is -2.42. The molecule has 8 heteroatoms. The zero-order chi connectivity index (χ0) is 28.7. The number of carbonyl (C=O) groups is 1. The van der Waals surface area contributed by atoms with Crippen molar-refractivity contribution in [3.63, 3.8) is 0 Å². The molecule has 0 amide bonds. The maximum absolute atomic E-state index is 12.9. The van der Waals surface area contributed by atoms with Crippen molar-refractivity contribution in [1.29, 1.82) is 0 Å². The summed E-state index contributed by atoms with van der Waals surface area (Å²) in [6.45, 7) is 10.8. The Balaban J connectivity index is 0.00000353. The van der Waals surface area contributed by atoms with E-state index in [-0.39, 0.29) is 30.2 Å². The van der Waals surface area contributed by atoms with E-state index in [2.05, 4.69) is 60.0 Å². The van der Waals surface area contributed by atoms with E-state index in [9.17, 15) is 14.9 Å². The van der Waals surface area contributed by atoms with Crippen LogP contribution in [0, 0.1) is 10.1 Å². The van der Waals surface area contributed by atoms with E-state index in [0.717, 1.165) is 37.3 Å². The minimum absolute atomic E-state index is 0. The highest BCUT2D eigenvalue weighted by molar-refractivity contribution is 5.67. The molecule has 0 aromatic heterocycles. The minimum atomic E-state index is -0.832. The number of anilines is 2. The number of benzene rings is 3. The molecule has 8 nitrogen and oxygen atoms in total. The van der Waals surface area contributed by atoms with Gasteiger partial charge in [0.25, 0.3) is 5.69 Å². The number of non-ortho nitro benzene ring substituents is 1. The average Bonchev–Trinajstić information content (AvgIpc) is 3.69. The summed E-state index contributed by atoms with van der Waals surface area (Å²) < 4.78 is 11.3. The Morgan fingerprint density at radius 1 is 0.857 bits per heavy atom. The molecule has 2 saturated heterocycles. The number of nitro benzene ring substituents is 1. The first-order valence-electron chi connectivity index (χ1n) is 14.6. The molecule has 1 atom stereocenters. The first-order valence-corrected chi connectivity index (χ1v) is 14.6. The topological polar surface area (TPSA) is 85.1 Å². The third-order valence-corrected chi connectivity index (χ3v) is 9.03. The van der Waals surface area contributed by atoms with Gasteiger partial charge in [-0.25, -0.2) is 4.79 Å². The summed E-state index contributed by atoms with van der Waals surface area (Å²) in [7, 11) is 0. The molecular weight excluding hydrogens is 530 g/mol. The van der Waals surface area contributed by atoms with Crippen LogP contribution >= 0.6 is 0 Å². The molecule has 3 aliphatic rings. The molecule has 0 saturated carbocycles. The standard InChI is InChI=1S/C33H37N3O5.CH4/c1-22(40-32(37)41-26-12-8-23(9-13-26)36(38)39)31-27-14-10-24(34-16-4-5-17-34)20-29(27)33(2,3)30-21-25(11-15-28(30)31)35-18-6-7-19-35;/h8-15,20-22,31H,4-7,16-19H2,1-3H3;1H4. The molecule has 0 radical (unpaired) electrons. The van der Waals surface area contributed by atoms with E-state index in [1.807, 2.05) is 6.92 Å². The number of ether oxygens (including phenoxy) is 2. The maximum Gasteiger partial charge on any atom is 0.514 e. The fourth-order valence-electron chi connectivity index (χ4n) is 6.85. The van der Waals surface area contributed by atoms with E-state index in [0.29, 0.717) is 0 Å². The van der Waals surface area contributed by atoms with E-state index in [1.165, 1.54) is 72.5 Å². The fourth-order valence-corrected chi connectivity index (χ4v) is 6.85. The lowest BCUT2D eigenvalue weighted by atomic mass is 9.64. The monoisotopic (exact) mass is 571 g/mol. The summed E-state index contributed by atoms with van der Waals surface area (Å²) in [5.74, 6) is 0.0292.